The highest BCUT2D eigenvalue weighted by Gasteiger charge is 2.37. The first-order valence-electron chi connectivity index (χ1n) is 4.53. The van der Waals surface area contributed by atoms with Crippen LogP contribution in [0.25, 0.3) is 0 Å². The van der Waals surface area contributed by atoms with Crippen molar-refractivity contribution in [2.24, 2.45) is 0 Å². The van der Waals surface area contributed by atoms with Crippen LogP contribution in [0.3, 0.4) is 0 Å². The van der Waals surface area contributed by atoms with Crippen LogP contribution < -0.4 is 0 Å². The Labute approximate surface area is 103 Å². The topological polar surface area (TPSA) is 52.6 Å². The van der Waals surface area contributed by atoms with Gasteiger partial charge in [-0.15, -0.1) is 0 Å². The first-order valence-corrected chi connectivity index (χ1v) is 4.53. The number of ether oxygens (including phenoxy) is 2. The maximum atomic E-state index is 12.3. The van der Waals surface area contributed by atoms with Gasteiger partial charge < -0.3 is 9.47 Å². The molecule has 0 rings (SSSR count). The van der Waals surface area contributed by atoms with Gasteiger partial charge in [0.1, 0.15) is 0 Å². The standard InChI is InChI=1S/C9H8F6O4/c1-5(7(17)19-9(14,15)4-11)2-6(16)18-8(12,13)3-10/h1-4H2. The second kappa shape index (κ2) is 6.43. The van der Waals surface area contributed by atoms with Gasteiger partial charge in [-0.2, -0.15) is 17.6 Å². The summed E-state index contributed by atoms with van der Waals surface area (Å²) in [6.45, 7) is -1.81. The number of carbonyl (C=O) groups excluding carboxylic acids is 2. The molecule has 0 aromatic carbocycles. The van der Waals surface area contributed by atoms with E-state index in [9.17, 15) is 35.9 Å². The lowest BCUT2D eigenvalue weighted by Crippen LogP contribution is -2.30. The molecule has 0 N–H and O–H groups in total. The van der Waals surface area contributed by atoms with Crippen molar-refractivity contribution in [2.75, 3.05) is 13.3 Å². The maximum Gasteiger partial charge on any atom is 0.429 e. The molecule has 0 amide bonds. The molecule has 0 radical (unpaired) electrons. The third-order valence-electron chi connectivity index (χ3n) is 1.46. The smallest absolute Gasteiger partial charge is 0.399 e. The summed E-state index contributed by atoms with van der Waals surface area (Å²) in [6.07, 6.45) is -10.1. The Morgan fingerprint density at radius 1 is 0.947 bits per heavy atom. The third-order valence-corrected chi connectivity index (χ3v) is 1.46. The molecular weight excluding hydrogens is 286 g/mol. The second-order valence-corrected chi connectivity index (χ2v) is 3.19. The second-order valence-electron chi connectivity index (χ2n) is 3.19. The molecule has 0 bridgehead atoms. The molecular formula is C9H8F6O4. The van der Waals surface area contributed by atoms with Gasteiger partial charge in [0, 0.05) is 5.57 Å². The molecule has 10 heteroatoms. The van der Waals surface area contributed by atoms with Gasteiger partial charge in [-0.3, -0.25) is 4.79 Å². The van der Waals surface area contributed by atoms with Crippen molar-refractivity contribution >= 4 is 11.9 Å². The van der Waals surface area contributed by atoms with Gasteiger partial charge in [0.05, 0.1) is 6.42 Å². The molecule has 19 heavy (non-hydrogen) atoms. The van der Waals surface area contributed by atoms with Crippen LogP contribution in [0.1, 0.15) is 6.42 Å². The minimum atomic E-state index is -4.42. The largest absolute Gasteiger partial charge is 0.429 e. The minimum Gasteiger partial charge on any atom is -0.399 e. The van der Waals surface area contributed by atoms with Crippen molar-refractivity contribution < 1.29 is 45.4 Å². The van der Waals surface area contributed by atoms with E-state index in [-0.39, 0.29) is 0 Å². The molecule has 0 aliphatic rings. The summed E-state index contributed by atoms with van der Waals surface area (Å²) in [7, 11) is 0. The molecule has 0 spiro atoms. The van der Waals surface area contributed by atoms with E-state index in [4.69, 9.17) is 0 Å². The molecule has 110 valence electrons. The van der Waals surface area contributed by atoms with Crippen molar-refractivity contribution in [1.29, 1.82) is 0 Å². The number of hydrogen-bond acceptors (Lipinski definition) is 4. The van der Waals surface area contributed by atoms with Crippen molar-refractivity contribution in [2.45, 2.75) is 18.6 Å². The van der Waals surface area contributed by atoms with E-state index in [1.165, 1.54) is 0 Å². The summed E-state index contributed by atoms with van der Waals surface area (Å²) < 4.78 is 78.9. The van der Waals surface area contributed by atoms with Gasteiger partial charge in [0.15, 0.2) is 13.3 Å². The van der Waals surface area contributed by atoms with Gasteiger partial charge in [0.25, 0.3) is 0 Å². The summed E-state index contributed by atoms with van der Waals surface area (Å²) >= 11 is 0. The molecule has 0 atom stereocenters. The van der Waals surface area contributed by atoms with Crippen LogP contribution in [-0.2, 0) is 19.1 Å². The summed E-state index contributed by atoms with van der Waals surface area (Å²) in [4.78, 5) is 21.6. The predicted molar refractivity (Wildman–Crippen MR) is 47.8 cm³/mol. The van der Waals surface area contributed by atoms with Gasteiger partial charge in [-0.05, 0) is 0 Å². The van der Waals surface area contributed by atoms with E-state index >= 15 is 0 Å². The zero-order valence-electron chi connectivity index (χ0n) is 9.23. The molecule has 0 aliphatic carbocycles. The zero-order valence-corrected chi connectivity index (χ0v) is 9.23. The van der Waals surface area contributed by atoms with Gasteiger partial charge >= 0.3 is 24.2 Å². The van der Waals surface area contributed by atoms with Gasteiger partial charge in [-0.25, -0.2) is 13.6 Å². The Hall–Kier alpha value is -1.74. The van der Waals surface area contributed by atoms with Crippen LogP contribution in [0.5, 0.6) is 0 Å². The van der Waals surface area contributed by atoms with Crippen molar-refractivity contribution in [1.82, 2.24) is 0 Å². The third kappa shape index (κ3) is 6.67. The van der Waals surface area contributed by atoms with Crippen LogP contribution in [-0.4, -0.2) is 37.5 Å². The quantitative estimate of drug-likeness (QED) is 0.410. The van der Waals surface area contributed by atoms with Crippen LogP contribution in [0, 0.1) is 0 Å². The lowest BCUT2D eigenvalue weighted by atomic mass is 10.2. The number of alkyl halides is 6. The SMILES string of the molecule is C=C(CC(=O)OC(F)(F)CF)C(=O)OC(F)(F)CF. The summed E-state index contributed by atoms with van der Waals surface area (Å²) in [5.41, 5.74) is -0.979. The van der Waals surface area contributed by atoms with E-state index in [0.29, 0.717) is 0 Å². The first kappa shape index (κ1) is 17.3. The summed E-state index contributed by atoms with van der Waals surface area (Å²) in [6, 6.07) is 0. The van der Waals surface area contributed by atoms with Crippen molar-refractivity contribution in [3.8, 4) is 0 Å². The molecule has 0 saturated carbocycles. The molecule has 0 unspecified atom stereocenters. The first-order chi connectivity index (χ1) is 8.53. The Morgan fingerprint density at radius 2 is 1.37 bits per heavy atom. The predicted octanol–water partition coefficient (Wildman–Crippen LogP) is 2.14. The van der Waals surface area contributed by atoms with Crippen LogP contribution >= 0.6 is 0 Å². The lowest BCUT2D eigenvalue weighted by molar-refractivity contribution is -0.241. The van der Waals surface area contributed by atoms with Crippen LogP contribution in [0.2, 0.25) is 0 Å². The van der Waals surface area contributed by atoms with E-state index in [2.05, 4.69) is 16.1 Å². The number of esters is 2. The highest BCUT2D eigenvalue weighted by atomic mass is 19.3. The maximum absolute atomic E-state index is 12.3. The van der Waals surface area contributed by atoms with E-state index in [1.807, 2.05) is 0 Å². The fourth-order valence-electron chi connectivity index (χ4n) is 0.711. The van der Waals surface area contributed by atoms with Crippen LogP contribution in [0.15, 0.2) is 12.2 Å². The highest BCUT2D eigenvalue weighted by Crippen LogP contribution is 2.20. The van der Waals surface area contributed by atoms with Gasteiger partial charge in [-0.1, -0.05) is 6.58 Å². The fraction of sp³-hybridized carbons (Fsp3) is 0.556. The lowest BCUT2D eigenvalue weighted by Gasteiger charge is -2.15. The molecule has 0 aromatic rings. The summed E-state index contributed by atoms with van der Waals surface area (Å²) in [5, 5.41) is 0. The van der Waals surface area contributed by atoms with Crippen LogP contribution in [0.4, 0.5) is 26.3 Å². The number of halogens is 6. The number of carbonyl (C=O) groups is 2. The van der Waals surface area contributed by atoms with Crippen molar-refractivity contribution in [3.05, 3.63) is 12.2 Å². The zero-order chi connectivity index (χ0) is 15.3. The van der Waals surface area contributed by atoms with Crippen molar-refractivity contribution in [3.63, 3.8) is 0 Å². The molecule has 4 nitrogen and oxygen atoms in total. The normalized spacial score (nSPS) is 11.9. The monoisotopic (exact) mass is 294 g/mol. The molecule has 0 fully saturated rings. The van der Waals surface area contributed by atoms with E-state index in [1.54, 1.807) is 0 Å². The number of hydrogen-bond donors (Lipinski definition) is 0. The summed E-state index contributed by atoms with van der Waals surface area (Å²) in [5.74, 6) is -3.66. The van der Waals surface area contributed by atoms with Gasteiger partial charge in [0.2, 0.25) is 0 Å². The molecule has 0 heterocycles. The molecule has 0 aliphatic heterocycles. The molecule has 0 aromatic heterocycles. The average Bonchev–Trinajstić information content (AvgIpc) is 2.27. The minimum absolute atomic E-state index is 0.979. The van der Waals surface area contributed by atoms with E-state index in [0.717, 1.165) is 0 Å². The number of rotatable bonds is 7. The Bertz CT molecular complexity index is 368. The highest BCUT2D eigenvalue weighted by molar-refractivity contribution is 5.93. The molecule has 0 saturated heterocycles. The Morgan fingerprint density at radius 3 is 1.79 bits per heavy atom. The Balaban J connectivity index is 4.39. The Kier molecular flexibility index (Phi) is 5.84. The fourth-order valence-corrected chi connectivity index (χ4v) is 0.711. The average molecular weight is 294 g/mol. The van der Waals surface area contributed by atoms with E-state index < -0.39 is 49.5 Å².